The Morgan fingerprint density at radius 1 is 1.00 bits per heavy atom. The molecule has 3 nitrogen and oxygen atoms in total. The quantitative estimate of drug-likeness (QED) is 0.765. The van der Waals surface area contributed by atoms with Crippen LogP contribution in [0.25, 0.3) is 0 Å². The van der Waals surface area contributed by atoms with E-state index in [1.54, 1.807) is 6.07 Å². The zero-order chi connectivity index (χ0) is 17.2. The van der Waals surface area contributed by atoms with Crippen LogP contribution in [0.1, 0.15) is 34.8 Å². The van der Waals surface area contributed by atoms with E-state index in [4.69, 9.17) is 0 Å². The minimum absolute atomic E-state index is 0.206. The molecule has 1 N–H and O–H groups in total. The Labute approximate surface area is 149 Å². The number of rotatable bonds is 3. The lowest BCUT2D eigenvalue weighted by Crippen LogP contribution is -2.29. The predicted octanol–water partition coefficient (Wildman–Crippen LogP) is 4.50. The van der Waals surface area contributed by atoms with Crippen molar-refractivity contribution in [3.63, 3.8) is 0 Å². The maximum Gasteiger partial charge on any atom is 0.120 e. The summed E-state index contributed by atoms with van der Waals surface area (Å²) in [5.74, 6) is 0.380. The van der Waals surface area contributed by atoms with Crippen molar-refractivity contribution in [2.75, 3.05) is 6.54 Å². The lowest BCUT2D eigenvalue weighted by atomic mass is 9.99. The highest BCUT2D eigenvalue weighted by atomic mass is 16.3. The number of aromatic nitrogens is 1. The van der Waals surface area contributed by atoms with E-state index in [1.165, 1.54) is 16.8 Å². The van der Waals surface area contributed by atoms with Gasteiger partial charge in [0.1, 0.15) is 5.75 Å². The number of phenols is 1. The van der Waals surface area contributed by atoms with Crippen LogP contribution in [-0.4, -0.2) is 21.1 Å². The first-order valence-corrected chi connectivity index (χ1v) is 8.95. The monoisotopic (exact) mass is 332 g/mol. The molecule has 2 aromatic carbocycles. The van der Waals surface area contributed by atoms with Gasteiger partial charge in [-0.05, 0) is 37.1 Å². The molecule has 0 spiro atoms. The molecule has 0 amide bonds. The maximum absolute atomic E-state index is 10.2. The first kappa shape index (κ1) is 16.0. The average molecular weight is 332 g/mol. The van der Waals surface area contributed by atoms with Crippen molar-refractivity contribution >= 4 is 0 Å². The second kappa shape index (κ2) is 6.77. The van der Waals surface area contributed by atoms with Gasteiger partial charge in [0, 0.05) is 37.1 Å². The summed E-state index contributed by atoms with van der Waals surface area (Å²) in [5.41, 5.74) is 4.92. The van der Waals surface area contributed by atoms with Crippen LogP contribution in [-0.2, 0) is 13.1 Å². The molecular weight excluding hydrogens is 308 g/mol. The molecule has 3 aromatic rings. The van der Waals surface area contributed by atoms with Gasteiger partial charge in [0.25, 0.3) is 0 Å². The zero-order valence-electron chi connectivity index (χ0n) is 14.6. The summed E-state index contributed by atoms with van der Waals surface area (Å²) in [6, 6.07) is 21.0. The van der Waals surface area contributed by atoms with Crippen molar-refractivity contribution in [3.05, 3.63) is 89.2 Å². The Kier molecular flexibility index (Phi) is 4.33. The number of phenolic OH excluding ortho intramolecular Hbond substituents is 1. The lowest BCUT2D eigenvalue weighted by Gasteiger charge is -2.31. The smallest absolute Gasteiger partial charge is 0.120 e. The normalized spacial score (nSPS) is 17.9. The van der Waals surface area contributed by atoms with Gasteiger partial charge in [0.05, 0.1) is 6.04 Å². The van der Waals surface area contributed by atoms with E-state index >= 15 is 0 Å². The Morgan fingerprint density at radius 3 is 2.72 bits per heavy atom. The van der Waals surface area contributed by atoms with Gasteiger partial charge < -0.3 is 9.67 Å². The molecule has 1 aromatic heterocycles. The summed E-state index contributed by atoms with van der Waals surface area (Å²) in [7, 11) is 0. The van der Waals surface area contributed by atoms with Crippen LogP contribution >= 0.6 is 0 Å². The van der Waals surface area contributed by atoms with Crippen LogP contribution in [0.5, 0.6) is 5.75 Å². The number of hydrogen-bond donors (Lipinski definition) is 1. The van der Waals surface area contributed by atoms with Gasteiger partial charge >= 0.3 is 0 Å². The molecule has 1 aliphatic rings. The van der Waals surface area contributed by atoms with E-state index < -0.39 is 0 Å². The largest absolute Gasteiger partial charge is 0.508 e. The van der Waals surface area contributed by atoms with Gasteiger partial charge in [-0.2, -0.15) is 0 Å². The van der Waals surface area contributed by atoms with Crippen LogP contribution in [0.2, 0.25) is 0 Å². The average Bonchev–Trinajstić information content (AvgIpc) is 2.98. The fourth-order valence-corrected chi connectivity index (χ4v) is 3.89. The number of fused-ring (bicyclic) bond motifs is 1. The van der Waals surface area contributed by atoms with Crippen LogP contribution in [0.15, 0.2) is 66.9 Å². The Balaban J connectivity index is 1.77. The molecule has 0 bridgehead atoms. The van der Waals surface area contributed by atoms with Crippen LogP contribution in [0.4, 0.5) is 0 Å². The molecule has 0 fully saturated rings. The fourth-order valence-electron chi connectivity index (χ4n) is 3.89. The van der Waals surface area contributed by atoms with Gasteiger partial charge in [-0.25, -0.2) is 0 Å². The van der Waals surface area contributed by atoms with Gasteiger partial charge in [-0.15, -0.1) is 0 Å². The molecule has 4 rings (SSSR count). The summed E-state index contributed by atoms with van der Waals surface area (Å²) in [4.78, 5) is 2.49. The summed E-state index contributed by atoms with van der Waals surface area (Å²) >= 11 is 0. The summed E-state index contributed by atoms with van der Waals surface area (Å²) in [6.07, 6.45) is 3.29. The van der Waals surface area contributed by atoms with E-state index in [9.17, 15) is 5.11 Å². The summed E-state index contributed by atoms with van der Waals surface area (Å²) in [5, 5.41) is 10.2. The van der Waals surface area contributed by atoms with E-state index in [-0.39, 0.29) is 6.04 Å². The molecule has 2 heterocycles. The van der Waals surface area contributed by atoms with Crippen LogP contribution in [0, 0.1) is 6.92 Å². The number of para-hydroxylation sites is 1. The molecule has 0 unspecified atom stereocenters. The second-order valence-electron chi connectivity index (χ2n) is 6.90. The van der Waals surface area contributed by atoms with Crippen LogP contribution in [0.3, 0.4) is 0 Å². The molecule has 0 aliphatic carbocycles. The standard InChI is InChI=1S/C22H24N2O/c1-17-7-4-9-18(15-17)22-20-10-5-12-23(20)13-6-14-24(22)16-19-8-2-3-11-21(19)25/h2-5,7-12,15,22,25H,6,13-14,16H2,1H3/t22-/m1/s1. The first-order chi connectivity index (χ1) is 12.2. The SMILES string of the molecule is Cc1cccc([C@@H]2c3cccn3CCCN2Cc2ccccc2O)c1. The topological polar surface area (TPSA) is 28.4 Å². The van der Waals surface area contributed by atoms with Crippen molar-refractivity contribution in [1.82, 2.24) is 9.47 Å². The Hall–Kier alpha value is -2.52. The highest BCUT2D eigenvalue weighted by Gasteiger charge is 2.27. The summed E-state index contributed by atoms with van der Waals surface area (Å²) < 4.78 is 2.37. The van der Waals surface area contributed by atoms with E-state index in [0.29, 0.717) is 5.75 Å². The minimum Gasteiger partial charge on any atom is -0.508 e. The Morgan fingerprint density at radius 2 is 1.88 bits per heavy atom. The molecular formula is C22H24N2O. The highest BCUT2D eigenvalue weighted by molar-refractivity contribution is 5.35. The van der Waals surface area contributed by atoms with Gasteiger partial charge in [0.15, 0.2) is 0 Å². The number of hydrogen-bond acceptors (Lipinski definition) is 2. The number of benzene rings is 2. The third kappa shape index (κ3) is 3.20. The molecule has 1 aliphatic heterocycles. The maximum atomic E-state index is 10.2. The van der Waals surface area contributed by atoms with Crippen LogP contribution < -0.4 is 0 Å². The van der Waals surface area contributed by atoms with Gasteiger partial charge in [-0.1, -0.05) is 48.0 Å². The van der Waals surface area contributed by atoms with Crippen molar-refractivity contribution in [3.8, 4) is 5.75 Å². The first-order valence-electron chi connectivity index (χ1n) is 8.95. The minimum atomic E-state index is 0.206. The number of nitrogens with zero attached hydrogens (tertiary/aromatic N) is 2. The molecule has 1 atom stereocenters. The third-order valence-corrected chi connectivity index (χ3v) is 5.08. The van der Waals surface area contributed by atoms with Crippen molar-refractivity contribution in [1.29, 1.82) is 0 Å². The number of aryl methyl sites for hydroxylation is 2. The van der Waals surface area contributed by atoms with Gasteiger partial charge in [-0.3, -0.25) is 4.90 Å². The molecule has 3 heteroatoms. The Bertz CT molecular complexity index is 868. The summed E-state index contributed by atoms with van der Waals surface area (Å²) in [6.45, 7) is 4.94. The molecule has 25 heavy (non-hydrogen) atoms. The van der Waals surface area contributed by atoms with E-state index in [2.05, 4.69) is 59.0 Å². The zero-order valence-corrected chi connectivity index (χ0v) is 14.6. The number of aromatic hydroxyl groups is 1. The lowest BCUT2D eigenvalue weighted by molar-refractivity contribution is 0.217. The second-order valence-corrected chi connectivity index (χ2v) is 6.90. The predicted molar refractivity (Wildman–Crippen MR) is 101 cm³/mol. The van der Waals surface area contributed by atoms with Crippen molar-refractivity contribution in [2.24, 2.45) is 0 Å². The molecule has 0 radical (unpaired) electrons. The van der Waals surface area contributed by atoms with Crippen molar-refractivity contribution in [2.45, 2.75) is 32.5 Å². The fraction of sp³-hybridized carbons (Fsp3) is 0.273. The highest BCUT2D eigenvalue weighted by Crippen LogP contribution is 2.34. The third-order valence-electron chi connectivity index (χ3n) is 5.08. The molecule has 0 saturated heterocycles. The van der Waals surface area contributed by atoms with E-state index in [1.807, 2.05) is 18.2 Å². The van der Waals surface area contributed by atoms with Crippen molar-refractivity contribution < 1.29 is 5.11 Å². The van der Waals surface area contributed by atoms with Gasteiger partial charge in [0.2, 0.25) is 0 Å². The molecule has 128 valence electrons. The van der Waals surface area contributed by atoms with E-state index in [0.717, 1.165) is 31.6 Å². The molecule has 0 saturated carbocycles.